The summed E-state index contributed by atoms with van der Waals surface area (Å²) >= 11 is 5.44. The molecule has 0 aromatic carbocycles. The summed E-state index contributed by atoms with van der Waals surface area (Å²) in [6, 6.07) is 0. The zero-order chi connectivity index (χ0) is 12.4. The second-order valence-corrected chi connectivity index (χ2v) is 5.86. The maximum Gasteiger partial charge on any atom is 0.244 e. The minimum Gasteiger partial charge on any atom is -0.394 e. The molecule has 6 nitrogen and oxygen atoms in total. The van der Waals surface area contributed by atoms with Gasteiger partial charge in [-0.3, -0.25) is 0 Å². The first-order valence-electron chi connectivity index (χ1n) is 4.39. The zero-order valence-corrected chi connectivity index (χ0v) is 10.4. The number of sulfonamides is 1. The summed E-state index contributed by atoms with van der Waals surface area (Å²) < 4.78 is 25.9. The highest BCUT2D eigenvalue weighted by Crippen LogP contribution is 2.11. The van der Waals surface area contributed by atoms with E-state index >= 15 is 0 Å². The van der Waals surface area contributed by atoms with Gasteiger partial charge in [0.2, 0.25) is 15.3 Å². The van der Waals surface area contributed by atoms with Gasteiger partial charge in [-0.15, -0.1) is 0 Å². The lowest BCUT2D eigenvalue weighted by molar-refractivity contribution is 0.208. The van der Waals surface area contributed by atoms with Crippen molar-refractivity contribution in [3.63, 3.8) is 0 Å². The van der Waals surface area contributed by atoms with Crippen LogP contribution in [0.15, 0.2) is 17.3 Å². The van der Waals surface area contributed by atoms with E-state index in [2.05, 4.69) is 14.7 Å². The van der Waals surface area contributed by atoms with Crippen LogP contribution in [-0.4, -0.2) is 35.6 Å². The monoisotopic (exact) mass is 265 g/mol. The van der Waals surface area contributed by atoms with Gasteiger partial charge in [0.05, 0.1) is 24.5 Å². The predicted molar refractivity (Wildman–Crippen MR) is 58.5 cm³/mol. The van der Waals surface area contributed by atoms with Crippen LogP contribution >= 0.6 is 11.6 Å². The number of aromatic nitrogens is 2. The average Bonchev–Trinajstić information content (AvgIpc) is 2.17. The number of halogens is 1. The first-order chi connectivity index (χ1) is 7.27. The zero-order valence-electron chi connectivity index (χ0n) is 8.81. The molecule has 0 unspecified atom stereocenters. The van der Waals surface area contributed by atoms with Crippen molar-refractivity contribution in [3.8, 4) is 0 Å². The van der Waals surface area contributed by atoms with Gasteiger partial charge in [0.25, 0.3) is 0 Å². The van der Waals surface area contributed by atoms with E-state index in [-0.39, 0.29) is 16.8 Å². The van der Waals surface area contributed by atoms with Crippen LogP contribution in [0.25, 0.3) is 0 Å². The molecule has 1 aromatic heterocycles. The molecule has 0 aliphatic rings. The topological polar surface area (TPSA) is 92.2 Å². The lowest BCUT2D eigenvalue weighted by Crippen LogP contribution is -2.46. The van der Waals surface area contributed by atoms with Crippen LogP contribution in [0.3, 0.4) is 0 Å². The Morgan fingerprint density at radius 1 is 1.44 bits per heavy atom. The van der Waals surface area contributed by atoms with Crippen molar-refractivity contribution in [1.29, 1.82) is 0 Å². The molecule has 0 fully saturated rings. The average molecular weight is 266 g/mol. The Hall–Kier alpha value is -0.760. The molecule has 0 amide bonds. The van der Waals surface area contributed by atoms with Crippen molar-refractivity contribution >= 4 is 21.6 Å². The maximum atomic E-state index is 11.8. The molecule has 16 heavy (non-hydrogen) atoms. The summed E-state index contributed by atoms with van der Waals surface area (Å²) in [6.07, 6.45) is 2.20. The van der Waals surface area contributed by atoms with Crippen molar-refractivity contribution in [2.24, 2.45) is 0 Å². The van der Waals surface area contributed by atoms with E-state index in [1.807, 2.05) is 0 Å². The number of aliphatic hydroxyl groups excluding tert-OH is 1. The molecule has 0 radical (unpaired) electrons. The van der Waals surface area contributed by atoms with Gasteiger partial charge in [-0.05, 0) is 25.4 Å². The molecular formula is C8H12ClN3O3S. The molecular weight excluding hydrogens is 254 g/mol. The molecule has 0 aliphatic carbocycles. The van der Waals surface area contributed by atoms with E-state index in [1.54, 1.807) is 13.8 Å². The Morgan fingerprint density at radius 3 is 2.38 bits per heavy atom. The van der Waals surface area contributed by atoms with Crippen LogP contribution in [0, 0.1) is 0 Å². The number of hydrogen-bond acceptors (Lipinski definition) is 5. The number of rotatable bonds is 4. The minimum atomic E-state index is -3.74. The SMILES string of the molecule is CC(C)(CO)NS(=O)(=O)c1cnc(Cl)nc1. The minimum absolute atomic E-state index is 0.0274. The van der Waals surface area contributed by atoms with Crippen LogP contribution in [0.2, 0.25) is 5.28 Å². The molecule has 0 aliphatic heterocycles. The fraction of sp³-hybridized carbons (Fsp3) is 0.500. The van der Waals surface area contributed by atoms with Crippen LogP contribution in [0.1, 0.15) is 13.8 Å². The molecule has 1 heterocycles. The van der Waals surface area contributed by atoms with Crippen LogP contribution in [0.5, 0.6) is 0 Å². The summed E-state index contributed by atoms with van der Waals surface area (Å²) in [4.78, 5) is 7.05. The summed E-state index contributed by atoms with van der Waals surface area (Å²) in [7, 11) is -3.74. The van der Waals surface area contributed by atoms with Crippen molar-refractivity contribution in [1.82, 2.24) is 14.7 Å². The lowest BCUT2D eigenvalue weighted by atomic mass is 10.1. The van der Waals surface area contributed by atoms with Gasteiger partial charge in [0, 0.05) is 0 Å². The van der Waals surface area contributed by atoms with E-state index in [0.29, 0.717) is 0 Å². The first-order valence-corrected chi connectivity index (χ1v) is 6.25. The molecule has 8 heteroatoms. The quantitative estimate of drug-likeness (QED) is 0.758. The van der Waals surface area contributed by atoms with Crippen molar-refractivity contribution < 1.29 is 13.5 Å². The van der Waals surface area contributed by atoms with E-state index in [1.165, 1.54) is 0 Å². The summed E-state index contributed by atoms with van der Waals surface area (Å²) in [5.41, 5.74) is -0.946. The van der Waals surface area contributed by atoms with Gasteiger partial charge in [-0.1, -0.05) is 0 Å². The Balaban J connectivity index is 2.99. The Labute approximate surface area is 98.7 Å². The van der Waals surface area contributed by atoms with Crippen molar-refractivity contribution in [3.05, 3.63) is 17.7 Å². The molecule has 0 atom stereocenters. The summed E-state index contributed by atoms with van der Waals surface area (Å²) in [5.74, 6) is 0. The molecule has 0 saturated carbocycles. The van der Waals surface area contributed by atoms with Gasteiger partial charge < -0.3 is 5.11 Å². The van der Waals surface area contributed by atoms with Crippen LogP contribution < -0.4 is 4.72 Å². The van der Waals surface area contributed by atoms with Gasteiger partial charge in [-0.25, -0.2) is 23.1 Å². The normalized spacial score (nSPS) is 12.8. The van der Waals surface area contributed by atoms with E-state index in [4.69, 9.17) is 16.7 Å². The highest BCUT2D eigenvalue weighted by molar-refractivity contribution is 7.89. The van der Waals surface area contributed by atoms with Crippen molar-refractivity contribution in [2.45, 2.75) is 24.3 Å². The maximum absolute atomic E-state index is 11.8. The Kier molecular flexibility index (Phi) is 3.84. The highest BCUT2D eigenvalue weighted by Gasteiger charge is 2.25. The summed E-state index contributed by atoms with van der Waals surface area (Å²) in [5, 5.41) is 8.94. The fourth-order valence-corrected chi connectivity index (χ4v) is 2.28. The van der Waals surface area contributed by atoms with E-state index in [9.17, 15) is 8.42 Å². The molecule has 90 valence electrons. The summed E-state index contributed by atoms with van der Waals surface area (Å²) in [6.45, 7) is 2.79. The molecule has 0 bridgehead atoms. The Bertz CT molecular complexity index is 458. The smallest absolute Gasteiger partial charge is 0.244 e. The lowest BCUT2D eigenvalue weighted by Gasteiger charge is -2.22. The standard InChI is InChI=1S/C8H12ClN3O3S/c1-8(2,5-13)12-16(14,15)6-3-10-7(9)11-4-6/h3-4,12-13H,5H2,1-2H3. The Morgan fingerprint density at radius 2 is 1.94 bits per heavy atom. The first kappa shape index (κ1) is 13.3. The largest absolute Gasteiger partial charge is 0.394 e. The molecule has 1 rings (SSSR count). The molecule has 0 spiro atoms. The third-order valence-corrected chi connectivity index (χ3v) is 3.56. The van der Waals surface area contributed by atoms with Gasteiger partial charge in [0.1, 0.15) is 4.90 Å². The second-order valence-electron chi connectivity index (χ2n) is 3.84. The number of aliphatic hydroxyl groups is 1. The number of hydrogen-bond donors (Lipinski definition) is 2. The predicted octanol–water partition coefficient (Wildman–Crippen LogP) is 0.179. The van der Waals surface area contributed by atoms with Crippen LogP contribution in [0.4, 0.5) is 0 Å². The number of nitrogens with one attached hydrogen (secondary N) is 1. The molecule has 0 saturated heterocycles. The van der Waals surface area contributed by atoms with Gasteiger partial charge in [-0.2, -0.15) is 0 Å². The third-order valence-electron chi connectivity index (χ3n) is 1.71. The van der Waals surface area contributed by atoms with Crippen molar-refractivity contribution in [2.75, 3.05) is 6.61 Å². The van der Waals surface area contributed by atoms with Gasteiger partial charge in [0.15, 0.2) is 0 Å². The highest BCUT2D eigenvalue weighted by atomic mass is 35.5. The van der Waals surface area contributed by atoms with Gasteiger partial charge >= 0.3 is 0 Å². The van der Waals surface area contributed by atoms with Crippen LogP contribution in [-0.2, 0) is 10.0 Å². The second kappa shape index (κ2) is 4.62. The van der Waals surface area contributed by atoms with E-state index in [0.717, 1.165) is 12.4 Å². The molecule has 2 N–H and O–H groups in total. The molecule has 1 aromatic rings. The third kappa shape index (κ3) is 3.38. The van der Waals surface area contributed by atoms with E-state index < -0.39 is 15.6 Å². The fourth-order valence-electron chi connectivity index (χ4n) is 0.894. The number of nitrogens with zero attached hydrogens (tertiary/aromatic N) is 2.